The Bertz CT molecular complexity index is 975. The van der Waals surface area contributed by atoms with Crippen molar-refractivity contribution in [2.75, 3.05) is 27.3 Å². The number of rotatable bonds is 7. The molecule has 30 heavy (non-hydrogen) atoms. The third-order valence-electron chi connectivity index (χ3n) is 5.42. The Morgan fingerprint density at radius 1 is 1.10 bits per heavy atom. The second-order valence-electron chi connectivity index (χ2n) is 7.35. The lowest BCUT2D eigenvalue weighted by Gasteiger charge is -2.32. The van der Waals surface area contributed by atoms with Gasteiger partial charge >= 0.3 is 0 Å². The summed E-state index contributed by atoms with van der Waals surface area (Å²) in [6, 6.07) is 13.6. The van der Waals surface area contributed by atoms with E-state index in [1.165, 1.54) is 23.5 Å². The minimum atomic E-state index is -3.67. The Morgan fingerprint density at radius 3 is 2.47 bits per heavy atom. The highest BCUT2D eigenvalue weighted by molar-refractivity contribution is 7.89. The number of carbonyl (C=O) groups excluding carboxylic acids is 1. The van der Waals surface area contributed by atoms with Crippen LogP contribution in [-0.4, -0.2) is 45.9 Å². The number of hydrogen-bond donors (Lipinski definition) is 1. The largest absolute Gasteiger partial charge is 0.497 e. The summed E-state index contributed by atoms with van der Waals surface area (Å²) in [5.74, 6) is 0.750. The van der Waals surface area contributed by atoms with Crippen molar-refractivity contribution in [1.29, 1.82) is 0 Å². The summed E-state index contributed by atoms with van der Waals surface area (Å²) < 4.78 is 37.9. The Balaban J connectivity index is 1.69. The van der Waals surface area contributed by atoms with E-state index in [1.807, 2.05) is 31.2 Å². The van der Waals surface area contributed by atoms with Gasteiger partial charge in [0, 0.05) is 18.7 Å². The fourth-order valence-electron chi connectivity index (χ4n) is 3.70. The van der Waals surface area contributed by atoms with Gasteiger partial charge in [-0.3, -0.25) is 4.79 Å². The summed E-state index contributed by atoms with van der Waals surface area (Å²) in [7, 11) is -0.542. The summed E-state index contributed by atoms with van der Waals surface area (Å²) in [4.78, 5) is 13.1. The molecule has 1 aliphatic heterocycles. The number of para-hydroxylation sites is 1. The van der Waals surface area contributed by atoms with Gasteiger partial charge in [0.15, 0.2) is 0 Å². The molecule has 1 saturated heterocycles. The van der Waals surface area contributed by atoms with Gasteiger partial charge in [-0.2, -0.15) is 4.31 Å². The zero-order valence-corrected chi connectivity index (χ0v) is 18.3. The molecule has 2 atom stereocenters. The molecule has 3 rings (SSSR count). The van der Waals surface area contributed by atoms with E-state index < -0.39 is 15.9 Å². The van der Waals surface area contributed by atoms with Crippen molar-refractivity contribution in [3.05, 3.63) is 54.1 Å². The molecule has 1 heterocycles. The molecule has 0 aromatic heterocycles. The van der Waals surface area contributed by atoms with E-state index in [0.717, 1.165) is 5.56 Å². The van der Waals surface area contributed by atoms with E-state index in [-0.39, 0.29) is 23.4 Å². The zero-order valence-electron chi connectivity index (χ0n) is 17.5. The number of methoxy groups -OCH3 is 2. The molecule has 2 aromatic rings. The molecule has 0 spiro atoms. The highest BCUT2D eigenvalue weighted by atomic mass is 32.2. The topological polar surface area (TPSA) is 84.9 Å². The Labute approximate surface area is 178 Å². The van der Waals surface area contributed by atoms with E-state index in [1.54, 1.807) is 19.2 Å². The van der Waals surface area contributed by atoms with E-state index in [9.17, 15) is 13.2 Å². The fraction of sp³-hybridized carbons (Fsp3) is 0.409. The van der Waals surface area contributed by atoms with Crippen molar-refractivity contribution in [3.63, 3.8) is 0 Å². The first-order valence-electron chi connectivity index (χ1n) is 9.94. The van der Waals surface area contributed by atoms with Gasteiger partial charge in [0.2, 0.25) is 15.9 Å². The maximum atomic E-state index is 13.0. The van der Waals surface area contributed by atoms with Crippen molar-refractivity contribution < 1.29 is 22.7 Å². The SMILES string of the molecule is COc1ccc(S(=O)(=O)N2CCC[C@H](C(=O)N[C@H](C)c3ccccc3OC)C2)cc1. The number of carbonyl (C=O) groups is 1. The van der Waals surface area contributed by atoms with Gasteiger partial charge in [-0.25, -0.2) is 8.42 Å². The lowest BCUT2D eigenvalue weighted by molar-refractivity contribution is -0.126. The number of benzene rings is 2. The molecule has 0 unspecified atom stereocenters. The summed E-state index contributed by atoms with van der Waals surface area (Å²) >= 11 is 0. The van der Waals surface area contributed by atoms with Crippen LogP contribution >= 0.6 is 0 Å². The third kappa shape index (κ3) is 4.76. The lowest BCUT2D eigenvalue weighted by Crippen LogP contribution is -2.45. The molecule has 7 nitrogen and oxygen atoms in total. The summed E-state index contributed by atoms with van der Waals surface area (Å²) in [6.07, 6.45) is 1.29. The number of hydrogen-bond acceptors (Lipinski definition) is 5. The van der Waals surface area contributed by atoms with Gasteiger partial charge in [0.25, 0.3) is 0 Å². The van der Waals surface area contributed by atoms with Crippen LogP contribution < -0.4 is 14.8 Å². The Kier molecular flexibility index (Phi) is 6.99. The van der Waals surface area contributed by atoms with Gasteiger partial charge in [-0.05, 0) is 50.1 Å². The van der Waals surface area contributed by atoms with Gasteiger partial charge in [-0.1, -0.05) is 18.2 Å². The summed E-state index contributed by atoms with van der Waals surface area (Å²) in [5, 5.41) is 3.01. The van der Waals surface area contributed by atoms with Crippen LogP contribution in [0.25, 0.3) is 0 Å². The first kappa shape index (κ1) is 22.1. The standard InChI is InChI=1S/C22H28N2O5S/c1-16(20-8-4-5-9-21(20)29-3)23-22(25)17-7-6-14-24(15-17)30(26,27)19-12-10-18(28-2)11-13-19/h4-5,8-13,16-17H,6-7,14-15H2,1-3H3,(H,23,25)/t16-,17+/m1/s1. The van der Waals surface area contributed by atoms with E-state index in [0.29, 0.717) is 30.9 Å². The first-order valence-corrected chi connectivity index (χ1v) is 11.4. The van der Waals surface area contributed by atoms with Crippen molar-refractivity contribution in [3.8, 4) is 11.5 Å². The first-order chi connectivity index (χ1) is 14.4. The second-order valence-corrected chi connectivity index (χ2v) is 9.29. The molecule has 0 saturated carbocycles. The minimum Gasteiger partial charge on any atom is -0.497 e. The number of piperidine rings is 1. The van der Waals surface area contributed by atoms with Gasteiger partial charge < -0.3 is 14.8 Å². The average Bonchev–Trinajstić information content (AvgIpc) is 2.79. The lowest BCUT2D eigenvalue weighted by atomic mass is 9.97. The molecule has 0 radical (unpaired) electrons. The van der Waals surface area contributed by atoms with Crippen LogP contribution in [0.3, 0.4) is 0 Å². The number of nitrogens with one attached hydrogen (secondary N) is 1. The molecule has 8 heteroatoms. The van der Waals surface area contributed by atoms with Crippen molar-refractivity contribution >= 4 is 15.9 Å². The van der Waals surface area contributed by atoms with E-state index >= 15 is 0 Å². The van der Waals surface area contributed by atoms with Crippen LogP contribution in [0.5, 0.6) is 11.5 Å². The molecule has 2 aromatic carbocycles. The van der Waals surface area contributed by atoms with E-state index in [4.69, 9.17) is 9.47 Å². The normalized spacial score (nSPS) is 18.4. The van der Waals surface area contributed by atoms with Crippen molar-refractivity contribution in [2.45, 2.75) is 30.7 Å². The van der Waals surface area contributed by atoms with Crippen LogP contribution in [0, 0.1) is 5.92 Å². The van der Waals surface area contributed by atoms with Crippen LogP contribution in [0.15, 0.2) is 53.4 Å². The summed E-state index contributed by atoms with van der Waals surface area (Å²) in [5.41, 5.74) is 0.881. The highest BCUT2D eigenvalue weighted by Gasteiger charge is 2.33. The van der Waals surface area contributed by atoms with Gasteiger partial charge in [0.05, 0.1) is 31.1 Å². The van der Waals surface area contributed by atoms with Gasteiger partial charge in [0.1, 0.15) is 11.5 Å². The van der Waals surface area contributed by atoms with E-state index in [2.05, 4.69) is 5.32 Å². The molecule has 1 aliphatic rings. The highest BCUT2D eigenvalue weighted by Crippen LogP contribution is 2.27. The molecule has 1 fully saturated rings. The summed E-state index contributed by atoms with van der Waals surface area (Å²) in [6.45, 7) is 2.46. The third-order valence-corrected chi connectivity index (χ3v) is 7.30. The number of nitrogens with zero attached hydrogens (tertiary/aromatic N) is 1. The Morgan fingerprint density at radius 2 is 1.80 bits per heavy atom. The molecule has 1 N–H and O–H groups in total. The zero-order chi connectivity index (χ0) is 21.7. The molecule has 0 aliphatic carbocycles. The second kappa shape index (κ2) is 9.49. The number of ether oxygens (including phenoxy) is 2. The fourth-order valence-corrected chi connectivity index (χ4v) is 5.23. The monoisotopic (exact) mass is 432 g/mol. The quantitative estimate of drug-likeness (QED) is 0.727. The van der Waals surface area contributed by atoms with Gasteiger partial charge in [-0.15, -0.1) is 0 Å². The van der Waals surface area contributed by atoms with Crippen LogP contribution in [0.4, 0.5) is 0 Å². The average molecular weight is 433 g/mol. The smallest absolute Gasteiger partial charge is 0.243 e. The predicted molar refractivity (Wildman–Crippen MR) is 114 cm³/mol. The maximum absolute atomic E-state index is 13.0. The number of amides is 1. The Hall–Kier alpha value is -2.58. The maximum Gasteiger partial charge on any atom is 0.243 e. The van der Waals surface area contributed by atoms with Crippen LogP contribution in [0.1, 0.15) is 31.4 Å². The van der Waals surface area contributed by atoms with Crippen LogP contribution in [0.2, 0.25) is 0 Å². The number of sulfonamides is 1. The molecular weight excluding hydrogens is 404 g/mol. The van der Waals surface area contributed by atoms with Crippen molar-refractivity contribution in [1.82, 2.24) is 9.62 Å². The molecule has 0 bridgehead atoms. The van der Waals surface area contributed by atoms with Crippen LogP contribution in [-0.2, 0) is 14.8 Å². The predicted octanol–water partition coefficient (Wildman–Crippen LogP) is 2.98. The molecular formula is C22H28N2O5S. The molecule has 1 amide bonds. The minimum absolute atomic E-state index is 0.150. The molecule has 162 valence electrons. The van der Waals surface area contributed by atoms with Crippen molar-refractivity contribution in [2.24, 2.45) is 5.92 Å².